The monoisotopic (exact) mass is 286 g/mol. The molecule has 21 heavy (non-hydrogen) atoms. The maximum atomic E-state index is 12.2. The molecule has 1 aromatic heterocycles. The first kappa shape index (κ1) is 15.0. The number of aromatic nitrogens is 1. The Bertz CT molecular complexity index is 635. The van der Waals surface area contributed by atoms with Crippen LogP contribution in [0.4, 0.5) is 0 Å². The second-order valence-electron chi connectivity index (χ2n) is 4.87. The van der Waals surface area contributed by atoms with Crippen LogP contribution in [0.15, 0.2) is 36.7 Å². The summed E-state index contributed by atoms with van der Waals surface area (Å²) in [7, 11) is 0. The molecule has 1 aromatic carbocycles. The van der Waals surface area contributed by atoms with Gasteiger partial charge in [-0.05, 0) is 18.2 Å². The fourth-order valence-electron chi connectivity index (χ4n) is 2.17. The van der Waals surface area contributed by atoms with Crippen molar-refractivity contribution in [2.24, 2.45) is 0 Å². The number of pyridine rings is 1. The summed E-state index contributed by atoms with van der Waals surface area (Å²) >= 11 is 0. The lowest BCUT2D eigenvalue weighted by Gasteiger charge is -2.07. The van der Waals surface area contributed by atoms with Crippen LogP contribution >= 0.6 is 0 Å². The Hall–Kier alpha value is -2.43. The third kappa shape index (κ3) is 4.27. The first-order valence-corrected chi connectivity index (χ1v) is 7.01. The molecule has 0 bridgehead atoms. The fraction of sp³-hybridized carbons (Fsp3) is 0.312. The highest BCUT2D eigenvalue weighted by Crippen LogP contribution is 2.16. The highest BCUT2D eigenvalue weighted by molar-refractivity contribution is 6.06. The van der Waals surface area contributed by atoms with Crippen molar-refractivity contribution in [2.45, 2.75) is 25.7 Å². The summed E-state index contributed by atoms with van der Waals surface area (Å²) < 4.78 is 0. The van der Waals surface area contributed by atoms with Crippen LogP contribution in [-0.2, 0) is 4.79 Å². The van der Waals surface area contributed by atoms with Crippen LogP contribution in [0, 0.1) is 0 Å². The number of carboxylic acids is 1. The Kier molecular flexibility index (Phi) is 5.26. The summed E-state index contributed by atoms with van der Waals surface area (Å²) in [6, 6.07) is 7.63. The molecule has 0 radical (unpaired) electrons. The summed E-state index contributed by atoms with van der Waals surface area (Å²) in [4.78, 5) is 26.6. The molecular weight excluding hydrogens is 268 g/mol. The highest BCUT2D eigenvalue weighted by Gasteiger charge is 2.09. The van der Waals surface area contributed by atoms with Gasteiger partial charge in [-0.1, -0.05) is 30.7 Å². The number of benzene rings is 1. The maximum absolute atomic E-state index is 12.2. The van der Waals surface area contributed by atoms with Crippen molar-refractivity contribution < 1.29 is 14.7 Å². The Morgan fingerprint density at radius 2 is 1.90 bits per heavy atom. The zero-order valence-electron chi connectivity index (χ0n) is 11.7. The number of nitrogens with zero attached hydrogens (tertiary/aromatic N) is 1. The molecule has 0 spiro atoms. The first-order valence-electron chi connectivity index (χ1n) is 7.01. The van der Waals surface area contributed by atoms with Gasteiger partial charge in [0.05, 0.1) is 5.56 Å². The van der Waals surface area contributed by atoms with Crippen LogP contribution in [0.5, 0.6) is 0 Å². The van der Waals surface area contributed by atoms with E-state index in [-0.39, 0.29) is 12.3 Å². The first-order chi connectivity index (χ1) is 10.2. The number of amides is 1. The summed E-state index contributed by atoms with van der Waals surface area (Å²) in [5.41, 5.74) is 0.568. The zero-order chi connectivity index (χ0) is 15.1. The second kappa shape index (κ2) is 7.38. The molecule has 110 valence electrons. The molecule has 2 N–H and O–H groups in total. The number of hydrogen-bond donors (Lipinski definition) is 2. The van der Waals surface area contributed by atoms with Crippen molar-refractivity contribution >= 4 is 22.6 Å². The molecule has 0 aliphatic carbocycles. The lowest BCUT2D eigenvalue weighted by Crippen LogP contribution is -2.24. The molecule has 5 nitrogen and oxygen atoms in total. The van der Waals surface area contributed by atoms with E-state index >= 15 is 0 Å². The van der Waals surface area contributed by atoms with Crippen molar-refractivity contribution in [1.29, 1.82) is 0 Å². The summed E-state index contributed by atoms with van der Waals surface area (Å²) in [5, 5.41) is 13.2. The van der Waals surface area contributed by atoms with E-state index in [1.54, 1.807) is 12.4 Å². The molecular formula is C16H18N2O3. The second-order valence-corrected chi connectivity index (χ2v) is 4.87. The molecule has 0 atom stereocenters. The largest absolute Gasteiger partial charge is 0.481 e. The van der Waals surface area contributed by atoms with Gasteiger partial charge < -0.3 is 10.4 Å². The van der Waals surface area contributed by atoms with Gasteiger partial charge in [-0.15, -0.1) is 0 Å². The van der Waals surface area contributed by atoms with Gasteiger partial charge >= 0.3 is 5.97 Å². The molecule has 0 unspecified atom stereocenters. The molecule has 0 aliphatic heterocycles. The lowest BCUT2D eigenvalue weighted by molar-refractivity contribution is -0.137. The summed E-state index contributed by atoms with van der Waals surface area (Å²) in [5.74, 6) is -0.918. The van der Waals surface area contributed by atoms with E-state index < -0.39 is 5.97 Å². The third-order valence-corrected chi connectivity index (χ3v) is 3.27. The van der Waals surface area contributed by atoms with E-state index in [0.29, 0.717) is 18.5 Å². The van der Waals surface area contributed by atoms with Crippen LogP contribution < -0.4 is 5.32 Å². The van der Waals surface area contributed by atoms with Crippen LogP contribution in [0.1, 0.15) is 36.0 Å². The van der Waals surface area contributed by atoms with Gasteiger partial charge in [0.25, 0.3) is 5.91 Å². The fourth-order valence-corrected chi connectivity index (χ4v) is 2.17. The van der Waals surface area contributed by atoms with E-state index in [4.69, 9.17) is 5.11 Å². The number of carboxylic acid groups (broad SMARTS) is 1. The molecule has 0 saturated carbocycles. The van der Waals surface area contributed by atoms with Crippen LogP contribution in [0.25, 0.3) is 10.8 Å². The minimum atomic E-state index is -0.777. The highest BCUT2D eigenvalue weighted by atomic mass is 16.4. The van der Waals surface area contributed by atoms with Gasteiger partial charge in [0, 0.05) is 30.7 Å². The molecule has 5 heteroatoms. The third-order valence-electron chi connectivity index (χ3n) is 3.27. The Morgan fingerprint density at radius 3 is 2.71 bits per heavy atom. The van der Waals surface area contributed by atoms with Gasteiger partial charge in [-0.2, -0.15) is 0 Å². The quantitative estimate of drug-likeness (QED) is 0.767. The van der Waals surface area contributed by atoms with E-state index in [2.05, 4.69) is 10.3 Å². The lowest BCUT2D eigenvalue weighted by atomic mass is 10.1. The normalized spacial score (nSPS) is 10.5. The van der Waals surface area contributed by atoms with E-state index in [0.717, 1.165) is 23.6 Å². The van der Waals surface area contributed by atoms with Crippen molar-refractivity contribution in [3.63, 3.8) is 0 Å². The number of carbonyl (C=O) groups excluding carboxylic acids is 1. The van der Waals surface area contributed by atoms with Gasteiger partial charge in [0.2, 0.25) is 0 Å². The molecule has 2 aromatic rings. The minimum Gasteiger partial charge on any atom is -0.481 e. The Balaban J connectivity index is 1.87. The zero-order valence-corrected chi connectivity index (χ0v) is 11.7. The van der Waals surface area contributed by atoms with Crippen molar-refractivity contribution in [2.75, 3.05) is 6.54 Å². The summed E-state index contributed by atoms with van der Waals surface area (Å²) in [6.07, 6.45) is 5.69. The van der Waals surface area contributed by atoms with E-state index in [1.807, 2.05) is 24.3 Å². The summed E-state index contributed by atoms with van der Waals surface area (Å²) in [6.45, 7) is 0.543. The number of fused-ring (bicyclic) bond motifs is 1. The van der Waals surface area contributed by atoms with Crippen molar-refractivity contribution in [3.05, 3.63) is 42.2 Å². The van der Waals surface area contributed by atoms with Gasteiger partial charge in [0.15, 0.2) is 0 Å². The SMILES string of the molecule is O=C(O)CCCCCNC(=O)c1cncc2ccccc12. The number of rotatable bonds is 7. The Morgan fingerprint density at radius 1 is 1.10 bits per heavy atom. The van der Waals surface area contributed by atoms with Crippen LogP contribution in [0.3, 0.4) is 0 Å². The van der Waals surface area contributed by atoms with E-state index in [1.165, 1.54) is 0 Å². The number of unbranched alkanes of at least 4 members (excludes halogenated alkanes) is 2. The number of aliphatic carboxylic acids is 1. The Labute approximate surface area is 123 Å². The van der Waals surface area contributed by atoms with E-state index in [9.17, 15) is 9.59 Å². The minimum absolute atomic E-state index is 0.141. The van der Waals surface area contributed by atoms with Gasteiger partial charge in [0.1, 0.15) is 0 Å². The van der Waals surface area contributed by atoms with Crippen LogP contribution in [-0.4, -0.2) is 28.5 Å². The number of nitrogens with one attached hydrogen (secondary N) is 1. The van der Waals surface area contributed by atoms with Crippen molar-refractivity contribution in [3.8, 4) is 0 Å². The predicted octanol–water partition coefficient (Wildman–Crippen LogP) is 2.61. The van der Waals surface area contributed by atoms with Gasteiger partial charge in [-0.25, -0.2) is 0 Å². The molecule has 1 heterocycles. The average Bonchev–Trinajstić information content (AvgIpc) is 2.49. The molecule has 0 aliphatic rings. The standard InChI is InChI=1S/C16H18N2O3/c19-15(20)8-2-1-5-9-18-16(21)14-11-17-10-12-6-3-4-7-13(12)14/h3-4,6-7,10-11H,1-2,5,8-9H2,(H,18,21)(H,19,20). The number of carbonyl (C=O) groups is 2. The topological polar surface area (TPSA) is 79.3 Å². The maximum Gasteiger partial charge on any atom is 0.303 e. The molecule has 0 saturated heterocycles. The molecule has 0 fully saturated rings. The molecule has 2 rings (SSSR count). The smallest absolute Gasteiger partial charge is 0.303 e. The average molecular weight is 286 g/mol. The molecule has 1 amide bonds. The predicted molar refractivity (Wildman–Crippen MR) is 80.2 cm³/mol. The van der Waals surface area contributed by atoms with Crippen LogP contribution in [0.2, 0.25) is 0 Å². The number of hydrogen-bond acceptors (Lipinski definition) is 3. The van der Waals surface area contributed by atoms with Gasteiger partial charge in [-0.3, -0.25) is 14.6 Å². The van der Waals surface area contributed by atoms with Crippen molar-refractivity contribution in [1.82, 2.24) is 10.3 Å².